The summed E-state index contributed by atoms with van der Waals surface area (Å²) in [7, 11) is 0. The smallest absolute Gasteiger partial charge is 0.263 e. The largest absolute Gasteiger partial charge is 0.492 e. The molecule has 248 valence electrons. The molecule has 0 N–H and O–H groups in total. The molecular formula is C38H40N4O2S4. The Morgan fingerprint density at radius 3 is 1.42 bits per heavy atom. The van der Waals surface area contributed by atoms with E-state index in [2.05, 4.69) is 49.5 Å². The standard InChI is InChI=1S/C38H40N4O2S4/c1-7-11-13-25(9-3)23-43-29-17-33(45-31(29)15-27(21-39)41-5)35-19-37-38(47-35)20-36(48-37)34-18-30(32(46-34)16-28(22-40)42-6)44-24-26(10-4)14-12-8-2/h15-20,25-26H,7-14,23-24H2,1-4H3/b27-15-,28-16+. The van der Waals surface area contributed by atoms with E-state index < -0.39 is 0 Å². The fourth-order valence-corrected chi connectivity index (χ4v) is 9.79. The minimum absolute atomic E-state index is 0.0426. The zero-order valence-electron chi connectivity index (χ0n) is 27.9. The number of hydrogen-bond donors (Lipinski definition) is 0. The van der Waals surface area contributed by atoms with Crippen LogP contribution in [0, 0.1) is 47.6 Å². The average Bonchev–Trinajstić information content (AvgIpc) is 3.89. The van der Waals surface area contributed by atoms with Gasteiger partial charge in [-0.1, -0.05) is 66.2 Å². The summed E-state index contributed by atoms with van der Waals surface area (Å²) in [6, 6.07) is 12.5. The highest BCUT2D eigenvalue weighted by molar-refractivity contribution is 7.33. The molecule has 0 fully saturated rings. The van der Waals surface area contributed by atoms with Gasteiger partial charge in [-0.25, -0.2) is 20.2 Å². The molecule has 0 bridgehead atoms. The Bertz CT molecular complexity index is 1710. The Labute approximate surface area is 300 Å². The zero-order chi connectivity index (χ0) is 34.5. The third-order valence-electron chi connectivity index (χ3n) is 8.18. The third kappa shape index (κ3) is 9.59. The first kappa shape index (κ1) is 36.9. The van der Waals surface area contributed by atoms with Gasteiger partial charge in [-0.15, -0.1) is 45.3 Å². The van der Waals surface area contributed by atoms with Gasteiger partial charge in [0.05, 0.1) is 48.3 Å². The second kappa shape index (κ2) is 18.6. The van der Waals surface area contributed by atoms with Crippen LogP contribution in [0.5, 0.6) is 11.5 Å². The molecule has 0 aromatic carbocycles. The summed E-state index contributed by atoms with van der Waals surface area (Å²) in [6.07, 6.45) is 12.3. The fraction of sp³-hybridized carbons (Fsp3) is 0.421. The second-order valence-corrected chi connectivity index (χ2v) is 15.9. The molecule has 4 aromatic heterocycles. The molecule has 0 saturated carbocycles. The first-order chi connectivity index (χ1) is 23.4. The quantitative estimate of drug-likeness (QED) is 0.0760. The zero-order valence-corrected chi connectivity index (χ0v) is 31.2. The minimum Gasteiger partial charge on any atom is -0.492 e. The average molecular weight is 713 g/mol. The summed E-state index contributed by atoms with van der Waals surface area (Å²) >= 11 is 6.51. The molecule has 2 atom stereocenters. The third-order valence-corrected chi connectivity index (χ3v) is 13.0. The second-order valence-electron chi connectivity index (χ2n) is 11.6. The van der Waals surface area contributed by atoms with Gasteiger partial charge in [0.1, 0.15) is 11.5 Å². The lowest BCUT2D eigenvalue weighted by Gasteiger charge is -2.15. The van der Waals surface area contributed by atoms with Crippen LogP contribution in [0.4, 0.5) is 0 Å². The number of ether oxygens (including phenoxy) is 2. The van der Waals surface area contributed by atoms with Crippen molar-refractivity contribution in [2.24, 2.45) is 11.8 Å². The summed E-state index contributed by atoms with van der Waals surface area (Å²) in [5.41, 5.74) is 0.0853. The van der Waals surface area contributed by atoms with Crippen molar-refractivity contribution in [3.63, 3.8) is 0 Å². The van der Waals surface area contributed by atoms with Crippen molar-refractivity contribution in [3.8, 4) is 43.1 Å². The molecule has 0 amide bonds. The van der Waals surface area contributed by atoms with Crippen molar-refractivity contribution in [3.05, 3.63) is 68.2 Å². The Balaban J connectivity index is 1.63. The molecule has 0 saturated heterocycles. The molecule has 4 rings (SSSR count). The predicted octanol–water partition coefficient (Wildman–Crippen LogP) is 13.2. The summed E-state index contributed by atoms with van der Waals surface area (Å²) in [5.74, 6) is 2.38. The van der Waals surface area contributed by atoms with Crippen molar-refractivity contribution < 1.29 is 9.47 Å². The van der Waals surface area contributed by atoms with Crippen LogP contribution in [0.1, 0.15) is 88.8 Å². The molecule has 4 heterocycles. The maximum absolute atomic E-state index is 9.42. The molecule has 6 nitrogen and oxygen atoms in total. The van der Waals surface area contributed by atoms with Gasteiger partial charge in [-0.2, -0.15) is 0 Å². The number of thiophene rings is 4. The Hall–Kier alpha value is -3.90. The summed E-state index contributed by atoms with van der Waals surface area (Å²) in [5, 5.41) is 18.8. The Kier molecular flexibility index (Phi) is 14.3. The Morgan fingerprint density at radius 2 is 1.08 bits per heavy atom. The molecule has 0 radical (unpaired) electrons. The molecule has 10 heteroatoms. The molecule has 0 aliphatic heterocycles. The summed E-state index contributed by atoms with van der Waals surface area (Å²) in [4.78, 5) is 12.7. The van der Waals surface area contributed by atoms with E-state index in [-0.39, 0.29) is 11.4 Å². The van der Waals surface area contributed by atoms with E-state index in [1.165, 1.54) is 22.2 Å². The van der Waals surface area contributed by atoms with Crippen LogP contribution in [-0.4, -0.2) is 13.2 Å². The van der Waals surface area contributed by atoms with Crippen LogP contribution in [0.3, 0.4) is 0 Å². The molecular weight excluding hydrogens is 673 g/mol. The minimum atomic E-state index is 0.0426. The first-order valence-electron chi connectivity index (χ1n) is 16.5. The predicted molar refractivity (Wildman–Crippen MR) is 204 cm³/mol. The van der Waals surface area contributed by atoms with Gasteiger partial charge in [0.25, 0.3) is 11.4 Å². The number of allylic oxidation sites excluding steroid dienone is 2. The number of hydrogen-bond acceptors (Lipinski definition) is 8. The van der Waals surface area contributed by atoms with Gasteiger partial charge >= 0.3 is 0 Å². The van der Waals surface area contributed by atoms with Crippen LogP contribution in [0.2, 0.25) is 0 Å². The van der Waals surface area contributed by atoms with Gasteiger partial charge in [0, 0.05) is 41.0 Å². The maximum atomic E-state index is 9.42. The topological polar surface area (TPSA) is 74.8 Å². The molecule has 48 heavy (non-hydrogen) atoms. The number of fused-ring (bicyclic) bond motifs is 1. The van der Waals surface area contributed by atoms with Gasteiger partial charge in [-0.3, -0.25) is 0 Å². The Morgan fingerprint density at radius 1 is 0.688 bits per heavy atom. The molecule has 4 aromatic rings. The maximum Gasteiger partial charge on any atom is 0.263 e. The summed E-state index contributed by atoms with van der Waals surface area (Å²) < 4.78 is 15.0. The SMILES string of the molecule is [C-]#[N+]/C(C#N)=C\c1sc(-c2cc3sc(-c4cc(OCC(CC)CCCC)c(/C=C(\C#N)[N+]#[C-])s4)cc3s2)cc1OCC(CC)CCCC. The van der Waals surface area contributed by atoms with Crippen molar-refractivity contribution in [2.75, 3.05) is 13.2 Å². The highest BCUT2D eigenvalue weighted by atomic mass is 32.1. The van der Waals surface area contributed by atoms with Crippen LogP contribution >= 0.6 is 45.3 Å². The first-order valence-corrected chi connectivity index (χ1v) is 19.7. The van der Waals surface area contributed by atoms with E-state index in [9.17, 15) is 10.5 Å². The van der Waals surface area contributed by atoms with Gasteiger partial charge in [0.2, 0.25) is 0 Å². The highest BCUT2D eigenvalue weighted by Gasteiger charge is 2.19. The van der Waals surface area contributed by atoms with Crippen molar-refractivity contribution in [1.29, 1.82) is 10.5 Å². The van der Waals surface area contributed by atoms with E-state index in [1.807, 2.05) is 24.3 Å². The van der Waals surface area contributed by atoms with Gasteiger partial charge < -0.3 is 9.47 Å². The van der Waals surface area contributed by atoms with E-state index in [0.29, 0.717) is 25.0 Å². The fourth-order valence-electron chi connectivity index (χ4n) is 5.16. The lowest BCUT2D eigenvalue weighted by atomic mass is 10.0. The number of rotatable bonds is 18. The summed E-state index contributed by atoms with van der Waals surface area (Å²) in [6.45, 7) is 24.8. The van der Waals surface area contributed by atoms with E-state index >= 15 is 0 Å². The van der Waals surface area contributed by atoms with Crippen LogP contribution < -0.4 is 9.47 Å². The number of unbranched alkanes of at least 4 members (excludes halogenated alkanes) is 2. The lowest BCUT2D eigenvalue weighted by molar-refractivity contribution is 0.234. The highest BCUT2D eigenvalue weighted by Crippen LogP contribution is 2.48. The van der Waals surface area contributed by atoms with Gasteiger partial charge in [-0.05, 0) is 49.0 Å². The van der Waals surface area contributed by atoms with Crippen LogP contribution in [0.15, 0.2) is 35.7 Å². The van der Waals surface area contributed by atoms with E-state index in [0.717, 1.165) is 79.3 Å². The van der Waals surface area contributed by atoms with Crippen molar-refractivity contribution in [1.82, 2.24) is 0 Å². The lowest BCUT2D eigenvalue weighted by Crippen LogP contribution is -2.11. The van der Waals surface area contributed by atoms with Crippen LogP contribution in [-0.2, 0) is 0 Å². The van der Waals surface area contributed by atoms with Crippen molar-refractivity contribution >= 4 is 66.9 Å². The van der Waals surface area contributed by atoms with Gasteiger partial charge in [0.15, 0.2) is 0 Å². The molecule has 0 aliphatic rings. The molecule has 2 unspecified atom stereocenters. The van der Waals surface area contributed by atoms with Crippen LogP contribution in [0.25, 0.3) is 50.8 Å². The number of nitrogens with zero attached hydrogens (tertiary/aromatic N) is 4. The van der Waals surface area contributed by atoms with E-state index in [4.69, 9.17) is 22.6 Å². The van der Waals surface area contributed by atoms with Crippen molar-refractivity contribution in [2.45, 2.75) is 79.1 Å². The monoisotopic (exact) mass is 712 g/mol. The molecule has 0 spiro atoms. The number of nitriles is 2. The normalized spacial score (nSPS) is 13.0. The van der Waals surface area contributed by atoms with E-state index in [1.54, 1.807) is 57.5 Å². The molecule has 0 aliphatic carbocycles.